The van der Waals surface area contributed by atoms with E-state index < -0.39 is 31.1 Å². The number of nitrogens with zero attached hydrogens (tertiary/aromatic N) is 2. The van der Waals surface area contributed by atoms with Crippen molar-refractivity contribution in [2.45, 2.75) is 10.5 Å². The van der Waals surface area contributed by atoms with Crippen LogP contribution in [0.25, 0.3) is 12.2 Å². The van der Waals surface area contributed by atoms with Gasteiger partial charge in [-0.1, -0.05) is 24.3 Å². The molecular formula is C38H40N2O13S. The highest BCUT2D eigenvalue weighted by Crippen LogP contribution is 2.42. The first-order chi connectivity index (χ1) is 26.0. The molecule has 4 aromatic rings. The summed E-state index contributed by atoms with van der Waals surface area (Å²) in [6.45, 7) is 0. The van der Waals surface area contributed by atoms with Gasteiger partial charge in [0, 0.05) is 47.2 Å². The van der Waals surface area contributed by atoms with Crippen molar-refractivity contribution in [3.8, 4) is 46.0 Å². The molecular weight excluding hydrogens is 724 g/mol. The van der Waals surface area contributed by atoms with Crippen LogP contribution < -0.4 is 37.9 Å². The van der Waals surface area contributed by atoms with Crippen LogP contribution in [-0.2, 0) is 10.8 Å². The lowest BCUT2D eigenvalue weighted by Gasteiger charge is -2.21. The van der Waals surface area contributed by atoms with Crippen LogP contribution in [-0.4, -0.2) is 70.9 Å². The lowest BCUT2D eigenvalue weighted by Crippen LogP contribution is -2.13. The van der Waals surface area contributed by atoms with Crippen molar-refractivity contribution in [3.63, 3.8) is 0 Å². The molecule has 0 saturated heterocycles. The number of methoxy groups -OCH3 is 8. The van der Waals surface area contributed by atoms with Gasteiger partial charge < -0.3 is 37.9 Å². The standard InChI is InChI=1S/C38H40N2O13S/c1-46-25-19-33(50-5)27(34(20-25)51-6)11-15-37(23-9-13-31(48-3)29(17-23)39(41)42)54(45)38(24-10-14-32(49-4)30(18-24)40(43)44)16-12-28-35(52-7)21-26(47-2)22-36(28)53-8/h9-22,37-38H,1-8H3. The Balaban J connectivity index is 2.03. The van der Waals surface area contributed by atoms with Crippen LogP contribution in [0.1, 0.15) is 32.8 Å². The summed E-state index contributed by atoms with van der Waals surface area (Å²) in [5, 5.41) is 22.1. The Morgan fingerprint density at radius 2 is 0.815 bits per heavy atom. The third-order valence-electron chi connectivity index (χ3n) is 8.34. The van der Waals surface area contributed by atoms with Crippen molar-refractivity contribution >= 4 is 34.3 Å². The summed E-state index contributed by atoms with van der Waals surface area (Å²) in [5.74, 6) is 2.39. The van der Waals surface area contributed by atoms with E-state index in [1.165, 1.54) is 81.1 Å². The van der Waals surface area contributed by atoms with Crippen LogP contribution in [0.15, 0.2) is 72.8 Å². The minimum Gasteiger partial charge on any atom is -0.496 e. The first-order valence-electron chi connectivity index (χ1n) is 16.0. The summed E-state index contributed by atoms with van der Waals surface area (Å²) in [5.41, 5.74) is 0.778. The van der Waals surface area contributed by atoms with E-state index in [1.807, 2.05) is 0 Å². The van der Waals surface area contributed by atoms with Crippen LogP contribution in [0, 0.1) is 20.2 Å². The van der Waals surface area contributed by atoms with Crippen LogP contribution in [0.2, 0.25) is 0 Å². The number of hydrogen-bond donors (Lipinski definition) is 0. The maximum Gasteiger partial charge on any atom is 0.311 e. The fourth-order valence-electron chi connectivity index (χ4n) is 5.62. The molecule has 0 heterocycles. The number of ether oxygens (including phenoxy) is 8. The molecule has 0 amide bonds. The van der Waals surface area contributed by atoms with Gasteiger partial charge >= 0.3 is 11.4 Å². The van der Waals surface area contributed by atoms with Crippen molar-refractivity contribution < 1.29 is 52.0 Å². The molecule has 0 radical (unpaired) electrons. The van der Waals surface area contributed by atoms with Crippen molar-refractivity contribution in [2.24, 2.45) is 0 Å². The minimum absolute atomic E-state index is 0.00308. The van der Waals surface area contributed by atoms with E-state index in [9.17, 15) is 20.2 Å². The molecule has 0 aromatic heterocycles. The zero-order valence-electron chi connectivity index (χ0n) is 30.8. The zero-order valence-corrected chi connectivity index (χ0v) is 31.7. The molecule has 286 valence electrons. The minimum atomic E-state index is -2.06. The second-order valence-corrected chi connectivity index (χ2v) is 12.8. The Bertz CT molecular complexity index is 1890. The lowest BCUT2D eigenvalue weighted by atomic mass is 10.1. The summed E-state index contributed by atoms with van der Waals surface area (Å²) >= 11 is 0. The second kappa shape index (κ2) is 18.5. The monoisotopic (exact) mass is 764 g/mol. The average molecular weight is 765 g/mol. The summed E-state index contributed by atoms with van der Waals surface area (Å²) in [4.78, 5) is 23.1. The Morgan fingerprint density at radius 1 is 0.500 bits per heavy atom. The van der Waals surface area contributed by atoms with Crippen LogP contribution in [0.4, 0.5) is 11.4 Å². The van der Waals surface area contributed by atoms with E-state index in [2.05, 4.69) is 0 Å². The molecule has 54 heavy (non-hydrogen) atoms. The molecule has 15 nitrogen and oxygen atoms in total. The van der Waals surface area contributed by atoms with E-state index in [4.69, 9.17) is 37.9 Å². The second-order valence-electron chi connectivity index (χ2n) is 11.2. The predicted molar refractivity (Wildman–Crippen MR) is 203 cm³/mol. The Kier molecular flexibility index (Phi) is 13.8. The third-order valence-corrected chi connectivity index (χ3v) is 10.2. The molecule has 0 spiro atoms. The molecule has 0 bridgehead atoms. The van der Waals surface area contributed by atoms with Gasteiger partial charge in [-0.2, -0.15) is 0 Å². The largest absolute Gasteiger partial charge is 0.496 e. The normalized spacial score (nSPS) is 12.8. The first-order valence-corrected chi connectivity index (χ1v) is 17.3. The predicted octanol–water partition coefficient (Wildman–Crippen LogP) is 7.53. The van der Waals surface area contributed by atoms with Crippen molar-refractivity contribution in [1.82, 2.24) is 0 Å². The Labute approximate surface area is 314 Å². The summed E-state index contributed by atoms with van der Waals surface area (Å²) in [6.07, 6.45) is 6.45. The smallest absolute Gasteiger partial charge is 0.311 e. The molecule has 0 N–H and O–H groups in total. The van der Waals surface area contributed by atoms with Gasteiger partial charge in [0.2, 0.25) is 0 Å². The van der Waals surface area contributed by atoms with Crippen LogP contribution >= 0.6 is 0 Å². The molecule has 4 aromatic carbocycles. The van der Waals surface area contributed by atoms with Crippen molar-refractivity contribution in [2.75, 3.05) is 56.9 Å². The Hall–Kier alpha value is -6.29. The summed E-state index contributed by atoms with van der Waals surface area (Å²) in [6, 6.07) is 15.1. The number of benzene rings is 4. The van der Waals surface area contributed by atoms with E-state index in [0.29, 0.717) is 45.6 Å². The number of nitro benzene ring substituents is 2. The molecule has 2 unspecified atom stereocenters. The highest BCUT2D eigenvalue weighted by molar-refractivity contribution is 7.85. The molecule has 0 aliphatic heterocycles. The van der Waals surface area contributed by atoms with Crippen LogP contribution in [0.3, 0.4) is 0 Å². The summed E-state index contributed by atoms with van der Waals surface area (Å²) in [7, 11) is 9.39. The van der Waals surface area contributed by atoms with E-state index >= 15 is 4.21 Å². The number of hydrogen-bond acceptors (Lipinski definition) is 13. The third kappa shape index (κ3) is 8.83. The van der Waals surface area contributed by atoms with Crippen molar-refractivity contribution in [1.29, 1.82) is 0 Å². The topological polar surface area (TPSA) is 177 Å². The highest BCUT2D eigenvalue weighted by atomic mass is 32.2. The quantitative estimate of drug-likeness (QED) is 0.0718. The summed E-state index contributed by atoms with van der Waals surface area (Å²) < 4.78 is 58.9. The maximum absolute atomic E-state index is 15.2. The van der Waals surface area contributed by atoms with Gasteiger partial charge in [-0.15, -0.1) is 0 Å². The van der Waals surface area contributed by atoms with Gasteiger partial charge in [-0.05, 0) is 35.4 Å². The molecule has 16 heteroatoms. The van der Waals surface area contributed by atoms with Gasteiger partial charge in [-0.25, -0.2) is 0 Å². The number of nitro groups is 2. The molecule has 0 fully saturated rings. The highest BCUT2D eigenvalue weighted by Gasteiger charge is 2.30. The van der Waals surface area contributed by atoms with Gasteiger partial charge in [0.25, 0.3) is 0 Å². The molecule has 2 atom stereocenters. The van der Waals surface area contributed by atoms with Crippen molar-refractivity contribution in [3.05, 3.63) is 115 Å². The average Bonchev–Trinajstić information content (AvgIpc) is 3.20. The molecule has 4 rings (SSSR count). The SMILES string of the molecule is COc1cc(OC)c(C=CC(c2ccc(OC)c([N+](=O)[O-])c2)S(=O)C(C=Cc2c(OC)cc(OC)cc2OC)c2ccc(OC)c([N+](=O)[O-])c2)c(OC)c1. The maximum atomic E-state index is 15.2. The first kappa shape index (κ1) is 40.5. The lowest BCUT2D eigenvalue weighted by molar-refractivity contribution is -0.385. The van der Waals surface area contributed by atoms with E-state index in [0.717, 1.165) is 0 Å². The number of rotatable bonds is 18. The van der Waals surface area contributed by atoms with Gasteiger partial charge in [0.1, 0.15) is 34.5 Å². The van der Waals surface area contributed by atoms with Gasteiger partial charge in [0.15, 0.2) is 11.5 Å². The fourth-order valence-corrected chi connectivity index (χ4v) is 7.23. The zero-order chi connectivity index (χ0) is 39.5. The van der Waals surface area contributed by atoms with E-state index in [1.54, 1.807) is 60.7 Å². The van der Waals surface area contributed by atoms with Gasteiger partial charge in [-0.3, -0.25) is 24.4 Å². The molecule has 0 aliphatic carbocycles. The van der Waals surface area contributed by atoms with Gasteiger partial charge in [0.05, 0.1) is 88.4 Å². The molecule has 0 aliphatic rings. The van der Waals surface area contributed by atoms with E-state index in [-0.39, 0.29) is 34.0 Å². The fraction of sp³-hybridized carbons (Fsp3) is 0.263. The Morgan fingerprint density at radius 3 is 1.07 bits per heavy atom. The molecule has 0 saturated carbocycles. The van der Waals surface area contributed by atoms with Crippen LogP contribution in [0.5, 0.6) is 46.0 Å².